The highest BCUT2D eigenvalue weighted by atomic mass is 32.1. The van der Waals surface area contributed by atoms with Gasteiger partial charge in [-0.3, -0.25) is 5.10 Å². The van der Waals surface area contributed by atoms with Crippen LogP contribution in [-0.2, 0) is 0 Å². The number of anilines is 1. The van der Waals surface area contributed by atoms with E-state index < -0.39 is 0 Å². The number of nitrogens with one attached hydrogen (secondary N) is 1. The van der Waals surface area contributed by atoms with Crippen LogP contribution in [0.3, 0.4) is 0 Å². The quantitative estimate of drug-likeness (QED) is 0.777. The number of benzene rings is 1. The Bertz CT molecular complexity index is 791. The summed E-state index contributed by atoms with van der Waals surface area (Å²) in [4.78, 5) is 5.31. The highest BCUT2D eigenvalue weighted by molar-refractivity contribution is 7.15. The molecular formula is C15H16N4OS. The van der Waals surface area contributed by atoms with Gasteiger partial charge in [-0.25, -0.2) is 4.98 Å². The highest BCUT2D eigenvalue weighted by Gasteiger charge is 2.17. The Morgan fingerprint density at radius 1 is 1.29 bits per heavy atom. The number of aryl methyl sites for hydroxylation is 2. The first kappa shape index (κ1) is 13.6. The molecule has 21 heavy (non-hydrogen) atoms. The predicted octanol–water partition coefficient (Wildman–Crippen LogP) is 3.41. The Morgan fingerprint density at radius 2 is 2.10 bits per heavy atom. The maximum absolute atomic E-state index is 6.05. The molecule has 108 valence electrons. The van der Waals surface area contributed by atoms with E-state index in [0.717, 1.165) is 38.0 Å². The molecule has 0 aliphatic rings. The Hall–Kier alpha value is -2.34. The van der Waals surface area contributed by atoms with Crippen molar-refractivity contribution in [3.05, 3.63) is 35.0 Å². The van der Waals surface area contributed by atoms with E-state index in [-0.39, 0.29) is 0 Å². The average molecular weight is 300 g/mol. The molecule has 1 aromatic carbocycles. The van der Waals surface area contributed by atoms with Gasteiger partial charge in [-0.15, -0.1) is 11.3 Å². The number of nitrogens with two attached hydrogens (primary N) is 1. The summed E-state index contributed by atoms with van der Waals surface area (Å²) in [6, 6.07) is 6.02. The molecule has 3 aromatic rings. The zero-order chi connectivity index (χ0) is 15.0. The lowest BCUT2D eigenvalue weighted by Gasteiger charge is -2.08. The Balaban J connectivity index is 2.17. The zero-order valence-corrected chi connectivity index (χ0v) is 12.9. The molecule has 3 rings (SSSR count). The summed E-state index contributed by atoms with van der Waals surface area (Å²) in [5.41, 5.74) is 9.89. The molecule has 6 heteroatoms. The number of ether oxygens (including phenoxy) is 1. The lowest BCUT2D eigenvalue weighted by Crippen LogP contribution is -1.91. The lowest BCUT2D eigenvalue weighted by atomic mass is 10.0. The van der Waals surface area contributed by atoms with Gasteiger partial charge in [-0.2, -0.15) is 5.10 Å². The van der Waals surface area contributed by atoms with Gasteiger partial charge in [-0.1, -0.05) is 12.1 Å². The van der Waals surface area contributed by atoms with E-state index >= 15 is 0 Å². The van der Waals surface area contributed by atoms with Gasteiger partial charge in [0.25, 0.3) is 0 Å². The number of nitrogens with zero attached hydrogens (tertiary/aromatic N) is 2. The van der Waals surface area contributed by atoms with Gasteiger partial charge in [-0.05, 0) is 31.0 Å². The normalized spacial score (nSPS) is 10.8. The number of hydrogen-bond donors (Lipinski definition) is 2. The fourth-order valence-electron chi connectivity index (χ4n) is 2.28. The molecule has 5 nitrogen and oxygen atoms in total. The Labute approximate surface area is 126 Å². The van der Waals surface area contributed by atoms with Gasteiger partial charge in [0.05, 0.1) is 28.3 Å². The number of hydrogen-bond acceptors (Lipinski definition) is 5. The second kappa shape index (κ2) is 5.21. The number of thiazole rings is 1. The van der Waals surface area contributed by atoms with Crippen molar-refractivity contribution in [2.24, 2.45) is 0 Å². The van der Waals surface area contributed by atoms with E-state index in [1.54, 1.807) is 18.4 Å². The molecular weight excluding hydrogens is 284 g/mol. The zero-order valence-electron chi connectivity index (χ0n) is 12.1. The Kier molecular flexibility index (Phi) is 3.39. The molecule has 0 atom stereocenters. The summed E-state index contributed by atoms with van der Waals surface area (Å²) in [7, 11) is 1.66. The van der Waals surface area contributed by atoms with Gasteiger partial charge in [0, 0.05) is 6.20 Å². The van der Waals surface area contributed by atoms with Gasteiger partial charge in [0.2, 0.25) is 0 Å². The van der Waals surface area contributed by atoms with E-state index in [1.807, 2.05) is 38.2 Å². The maximum Gasteiger partial charge on any atom is 0.153 e. The second-order valence-electron chi connectivity index (χ2n) is 4.79. The molecule has 2 aromatic heterocycles. The molecule has 0 bridgehead atoms. The summed E-state index contributed by atoms with van der Waals surface area (Å²) < 4.78 is 5.39. The van der Waals surface area contributed by atoms with E-state index in [2.05, 4.69) is 15.2 Å². The van der Waals surface area contributed by atoms with Crippen molar-refractivity contribution in [3.63, 3.8) is 0 Å². The van der Waals surface area contributed by atoms with Crippen molar-refractivity contribution in [3.8, 4) is 27.4 Å². The van der Waals surface area contributed by atoms with Crippen molar-refractivity contribution in [1.29, 1.82) is 0 Å². The predicted molar refractivity (Wildman–Crippen MR) is 85.6 cm³/mol. The van der Waals surface area contributed by atoms with Crippen LogP contribution in [0.2, 0.25) is 0 Å². The summed E-state index contributed by atoms with van der Waals surface area (Å²) >= 11 is 1.61. The summed E-state index contributed by atoms with van der Waals surface area (Å²) in [6.07, 6.45) is 1.84. The van der Waals surface area contributed by atoms with E-state index in [9.17, 15) is 0 Å². The fraction of sp³-hybridized carbons (Fsp3) is 0.200. The first-order valence-electron chi connectivity index (χ1n) is 6.52. The molecule has 3 N–H and O–H groups in total. The third-order valence-corrected chi connectivity index (χ3v) is 4.29. The van der Waals surface area contributed by atoms with Crippen molar-refractivity contribution in [2.75, 3.05) is 12.8 Å². The first-order valence-corrected chi connectivity index (χ1v) is 7.33. The standard InChI is InChI=1S/C15H16N4OS/c1-8-4-5-10(6-11(8)20-3)13-14(18-19-15(13)16)12-7-17-9(2)21-12/h4-7H,1-3H3,(H3,16,18,19). The van der Waals surface area contributed by atoms with Gasteiger partial charge < -0.3 is 10.5 Å². The topological polar surface area (TPSA) is 76.8 Å². The number of H-pyrrole nitrogens is 1. The minimum atomic E-state index is 0.474. The smallest absolute Gasteiger partial charge is 0.153 e. The van der Waals surface area contributed by atoms with Gasteiger partial charge in [0.15, 0.2) is 5.82 Å². The molecule has 0 saturated heterocycles. The monoisotopic (exact) mass is 300 g/mol. The summed E-state index contributed by atoms with van der Waals surface area (Å²) in [6.45, 7) is 3.98. The summed E-state index contributed by atoms with van der Waals surface area (Å²) in [5, 5.41) is 8.16. The van der Waals surface area contributed by atoms with Crippen LogP contribution in [0.4, 0.5) is 5.82 Å². The molecule has 0 saturated carbocycles. The van der Waals surface area contributed by atoms with Crippen LogP contribution in [-0.4, -0.2) is 22.3 Å². The molecule has 0 aliphatic heterocycles. The number of rotatable bonds is 3. The van der Waals surface area contributed by atoms with Crippen molar-refractivity contribution < 1.29 is 4.74 Å². The number of nitrogen functional groups attached to an aromatic ring is 1. The first-order chi connectivity index (χ1) is 10.1. The lowest BCUT2D eigenvalue weighted by molar-refractivity contribution is 0.412. The maximum atomic E-state index is 6.05. The summed E-state index contributed by atoms with van der Waals surface area (Å²) in [5.74, 6) is 1.31. The van der Waals surface area contributed by atoms with Crippen LogP contribution in [0.5, 0.6) is 5.75 Å². The van der Waals surface area contributed by atoms with Crippen LogP contribution in [0, 0.1) is 13.8 Å². The third kappa shape index (κ3) is 2.38. The number of aromatic nitrogens is 3. The fourth-order valence-corrected chi connectivity index (χ4v) is 3.06. The highest BCUT2D eigenvalue weighted by Crippen LogP contribution is 2.38. The molecule has 0 amide bonds. The molecule has 2 heterocycles. The molecule has 0 aliphatic carbocycles. The molecule has 0 fully saturated rings. The van der Waals surface area contributed by atoms with Crippen LogP contribution in [0.15, 0.2) is 24.4 Å². The molecule has 0 spiro atoms. The van der Waals surface area contributed by atoms with Crippen molar-refractivity contribution in [2.45, 2.75) is 13.8 Å². The minimum absolute atomic E-state index is 0.474. The average Bonchev–Trinajstić information content (AvgIpc) is 3.05. The van der Waals surface area contributed by atoms with Crippen LogP contribution >= 0.6 is 11.3 Å². The molecule has 0 radical (unpaired) electrons. The van der Waals surface area contributed by atoms with Gasteiger partial charge in [0.1, 0.15) is 5.75 Å². The SMILES string of the molecule is COc1cc(-c2c(N)n[nH]c2-c2cnc(C)s2)ccc1C. The van der Waals surface area contributed by atoms with E-state index in [0.29, 0.717) is 5.82 Å². The van der Waals surface area contributed by atoms with Crippen LogP contribution < -0.4 is 10.5 Å². The third-order valence-electron chi connectivity index (χ3n) is 3.36. The van der Waals surface area contributed by atoms with Crippen LogP contribution in [0.25, 0.3) is 21.7 Å². The number of methoxy groups -OCH3 is 1. The van der Waals surface area contributed by atoms with Crippen molar-refractivity contribution in [1.82, 2.24) is 15.2 Å². The minimum Gasteiger partial charge on any atom is -0.496 e. The number of aromatic amines is 1. The van der Waals surface area contributed by atoms with E-state index in [4.69, 9.17) is 10.5 Å². The van der Waals surface area contributed by atoms with E-state index in [1.165, 1.54) is 0 Å². The largest absolute Gasteiger partial charge is 0.496 e. The molecule has 0 unspecified atom stereocenters. The Morgan fingerprint density at radius 3 is 2.76 bits per heavy atom. The van der Waals surface area contributed by atoms with Gasteiger partial charge >= 0.3 is 0 Å². The second-order valence-corrected chi connectivity index (χ2v) is 6.02. The van der Waals surface area contributed by atoms with Crippen LogP contribution in [0.1, 0.15) is 10.6 Å². The van der Waals surface area contributed by atoms with Crippen molar-refractivity contribution >= 4 is 17.2 Å².